The van der Waals surface area contributed by atoms with Crippen LogP contribution in [-0.2, 0) is 33.4 Å². The number of rotatable bonds is 1. The summed E-state index contributed by atoms with van der Waals surface area (Å²) >= 11 is 0. The SMILES string of the molecule is CC(=O)OC1CC(C)(O)C2=C(C3OC(=O)C(C)C13)C1(C)CC2CC12C(=O)OC1C3C(C)=CC(=O)C3=C(C)CCC12. The van der Waals surface area contributed by atoms with Crippen LogP contribution in [0.3, 0.4) is 0 Å². The van der Waals surface area contributed by atoms with Crippen LogP contribution in [0.4, 0.5) is 0 Å². The maximum atomic E-state index is 14.3. The van der Waals surface area contributed by atoms with E-state index in [1.165, 1.54) is 6.92 Å². The van der Waals surface area contributed by atoms with Gasteiger partial charge in [-0.25, -0.2) is 0 Å². The second-order valence-electron chi connectivity index (χ2n) is 14.0. The summed E-state index contributed by atoms with van der Waals surface area (Å²) in [7, 11) is 0. The van der Waals surface area contributed by atoms with Crippen molar-refractivity contribution in [3.05, 3.63) is 33.9 Å². The topological polar surface area (TPSA) is 116 Å². The van der Waals surface area contributed by atoms with Gasteiger partial charge in [-0.3, -0.25) is 19.2 Å². The van der Waals surface area contributed by atoms with Gasteiger partial charge in [0.1, 0.15) is 18.3 Å². The molecule has 1 spiro atoms. The highest BCUT2D eigenvalue weighted by molar-refractivity contribution is 6.09. The number of hydrogen-bond acceptors (Lipinski definition) is 8. The third kappa shape index (κ3) is 2.96. The van der Waals surface area contributed by atoms with Crippen LogP contribution in [0.25, 0.3) is 0 Å². The third-order valence-electron chi connectivity index (χ3n) is 11.9. The summed E-state index contributed by atoms with van der Waals surface area (Å²) in [4.78, 5) is 52.4. The maximum absolute atomic E-state index is 14.3. The molecule has 1 N–H and O–H groups in total. The molecule has 0 aromatic carbocycles. The Morgan fingerprint density at radius 3 is 2.50 bits per heavy atom. The summed E-state index contributed by atoms with van der Waals surface area (Å²) in [6.07, 6.45) is 2.71. The maximum Gasteiger partial charge on any atom is 0.313 e. The van der Waals surface area contributed by atoms with Crippen molar-refractivity contribution < 1.29 is 38.5 Å². The molecule has 7 rings (SSSR count). The van der Waals surface area contributed by atoms with Crippen molar-refractivity contribution in [1.29, 1.82) is 0 Å². The molecule has 0 amide bonds. The summed E-state index contributed by atoms with van der Waals surface area (Å²) in [5.41, 5.74) is 1.61. The molecule has 0 aromatic rings. The fraction of sp³-hybridized carbons (Fsp3) is 0.688. The molecule has 0 radical (unpaired) electrons. The van der Waals surface area contributed by atoms with Gasteiger partial charge >= 0.3 is 17.9 Å². The lowest BCUT2D eigenvalue weighted by atomic mass is 9.52. The minimum absolute atomic E-state index is 0.0211. The van der Waals surface area contributed by atoms with E-state index >= 15 is 0 Å². The van der Waals surface area contributed by atoms with E-state index in [0.717, 1.165) is 40.7 Å². The van der Waals surface area contributed by atoms with Gasteiger partial charge in [0.15, 0.2) is 5.78 Å². The second-order valence-corrected chi connectivity index (χ2v) is 14.0. The Balaban J connectivity index is 1.38. The third-order valence-corrected chi connectivity index (χ3v) is 11.9. The molecule has 2 bridgehead atoms. The molecule has 0 aromatic heterocycles. The number of esters is 3. The second kappa shape index (κ2) is 7.96. The van der Waals surface area contributed by atoms with Gasteiger partial charge in [-0.05, 0) is 69.6 Å². The number of ketones is 1. The summed E-state index contributed by atoms with van der Waals surface area (Å²) in [5, 5.41) is 12.0. The number of ether oxygens (including phenoxy) is 3. The summed E-state index contributed by atoms with van der Waals surface area (Å²) in [5.74, 6) is -2.46. The van der Waals surface area contributed by atoms with E-state index < -0.39 is 52.5 Å². The summed E-state index contributed by atoms with van der Waals surface area (Å²) < 4.78 is 18.2. The van der Waals surface area contributed by atoms with E-state index in [1.54, 1.807) is 19.9 Å². The molecule has 8 nitrogen and oxygen atoms in total. The van der Waals surface area contributed by atoms with Crippen LogP contribution in [-0.4, -0.2) is 52.7 Å². The van der Waals surface area contributed by atoms with Crippen LogP contribution in [0.5, 0.6) is 0 Å². The molecule has 40 heavy (non-hydrogen) atoms. The lowest BCUT2D eigenvalue weighted by molar-refractivity contribution is -0.154. The van der Waals surface area contributed by atoms with Gasteiger partial charge in [-0.2, -0.15) is 0 Å². The van der Waals surface area contributed by atoms with E-state index in [1.807, 2.05) is 13.8 Å². The Labute approximate surface area is 234 Å². The highest BCUT2D eigenvalue weighted by Crippen LogP contribution is 2.76. The van der Waals surface area contributed by atoms with Crippen LogP contribution in [0.2, 0.25) is 0 Å². The predicted octanol–water partition coefficient (Wildman–Crippen LogP) is 3.76. The average Bonchev–Trinajstić information content (AvgIpc) is 3.53. The first-order valence-electron chi connectivity index (χ1n) is 14.7. The Morgan fingerprint density at radius 1 is 1.07 bits per heavy atom. The molecule has 2 saturated heterocycles. The molecule has 11 unspecified atom stereocenters. The highest BCUT2D eigenvalue weighted by Gasteiger charge is 2.77. The monoisotopic (exact) mass is 550 g/mol. The predicted molar refractivity (Wildman–Crippen MR) is 141 cm³/mol. The first-order valence-corrected chi connectivity index (χ1v) is 14.7. The van der Waals surface area contributed by atoms with Crippen molar-refractivity contribution in [3.8, 4) is 0 Å². The molecule has 2 heterocycles. The molecule has 8 heteroatoms. The molecule has 7 aliphatic rings. The standard InChI is InChI=1S/C32H38O8/c1-13-7-8-18-26(22-14(2)9-19(34)21(13)22)40-29(36)32(18)11-17-10-30(32,5)25-24(17)31(6,37)12-20(38-16(4)33)23-15(3)28(35)39-27(23)25/h9,15,17-18,20,22-23,26-27,37H,7-8,10-12H2,1-6H3. The smallest absolute Gasteiger partial charge is 0.313 e. The van der Waals surface area contributed by atoms with E-state index in [-0.39, 0.29) is 41.9 Å². The Bertz CT molecular complexity index is 1380. The van der Waals surface area contributed by atoms with Gasteiger partial charge in [0.25, 0.3) is 0 Å². The van der Waals surface area contributed by atoms with E-state index in [4.69, 9.17) is 14.2 Å². The normalized spacial score (nSPS) is 48.8. The fourth-order valence-electron chi connectivity index (χ4n) is 10.6. The number of allylic oxidation sites excluding steroid dienone is 2. The minimum atomic E-state index is -1.29. The van der Waals surface area contributed by atoms with Crippen molar-refractivity contribution in [2.75, 3.05) is 0 Å². The van der Waals surface area contributed by atoms with E-state index in [0.29, 0.717) is 12.8 Å². The first kappa shape index (κ1) is 26.2. The quantitative estimate of drug-likeness (QED) is 0.298. The van der Waals surface area contributed by atoms with Gasteiger partial charge in [-0.15, -0.1) is 0 Å². The zero-order valence-electron chi connectivity index (χ0n) is 24.0. The lowest BCUT2D eigenvalue weighted by Crippen LogP contribution is -2.51. The van der Waals surface area contributed by atoms with Gasteiger partial charge in [0.2, 0.25) is 0 Å². The van der Waals surface area contributed by atoms with Crippen LogP contribution < -0.4 is 0 Å². The van der Waals surface area contributed by atoms with Crippen molar-refractivity contribution in [2.24, 2.45) is 40.4 Å². The number of aliphatic hydroxyl groups is 1. The Kier molecular flexibility index (Phi) is 5.21. The van der Waals surface area contributed by atoms with Gasteiger partial charge in [0, 0.05) is 36.2 Å². The molecule has 11 atom stereocenters. The van der Waals surface area contributed by atoms with Crippen LogP contribution in [0, 0.1) is 40.4 Å². The molecule has 3 fully saturated rings. The summed E-state index contributed by atoms with van der Waals surface area (Å²) in [6.45, 7) is 11.0. The highest BCUT2D eigenvalue weighted by atomic mass is 16.6. The van der Waals surface area contributed by atoms with Crippen molar-refractivity contribution in [2.45, 2.75) is 97.6 Å². The van der Waals surface area contributed by atoms with Crippen molar-refractivity contribution in [3.63, 3.8) is 0 Å². The zero-order valence-corrected chi connectivity index (χ0v) is 24.0. The molecular formula is C32H38O8. The van der Waals surface area contributed by atoms with Crippen molar-refractivity contribution >= 4 is 23.7 Å². The first-order chi connectivity index (χ1) is 18.7. The van der Waals surface area contributed by atoms with E-state index in [9.17, 15) is 24.3 Å². The van der Waals surface area contributed by atoms with Gasteiger partial charge in [-0.1, -0.05) is 25.0 Å². The Hall–Kier alpha value is -2.74. The van der Waals surface area contributed by atoms with E-state index in [2.05, 4.69) is 6.92 Å². The lowest BCUT2D eigenvalue weighted by Gasteiger charge is -2.48. The van der Waals surface area contributed by atoms with Gasteiger partial charge in [0.05, 0.1) is 22.9 Å². The number of hydrogen-bond donors (Lipinski definition) is 1. The minimum Gasteiger partial charge on any atom is -0.462 e. The van der Waals surface area contributed by atoms with Crippen LogP contribution in [0.15, 0.2) is 33.9 Å². The van der Waals surface area contributed by atoms with Crippen molar-refractivity contribution in [1.82, 2.24) is 0 Å². The molecule has 5 aliphatic carbocycles. The number of carbonyl (C=O) groups excluding carboxylic acids is 4. The molecule has 214 valence electrons. The molecular weight excluding hydrogens is 512 g/mol. The average molecular weight is 551 g/mol. The number of fused-ring (bicyclic) bond motifs is 11. The van der Waals surface area contributed by atoms with Crippen LogP contribution >= 0.6 is 0 Å². The Morgan fingerprint density at radius 2 is 1.80 bits per heavy atom. The molecule has 2 aliphatic heterocycles. The van der Waals surface area contributed by atoms with Crippen LogP contribution in [0.1, 0.15) is 73.6 Å². The largest absolute Gasteiger partial charge is 0.462 e. The molecule has 1 saturated carbocycles. The summed E-state index contributed by atoms with van der Waals surface area (Å²) in [6, 6.07) is 0. The van der Waals surface area contributed by atoms with Gasteiger partial charge < -0.3 is 19.3 Å². The fourth-order valence-corrected chi connectivity index (χ4v) is 10.6. The zero-order chi connectivity index (χ0) is 28.7. The number of carbonyl (C=O) groups is 4.